The predicted octanol–water partition coefficient (Wildman–Crippen LogP) is 2.46. The number of aryl methyl sites for hydroxylation is 2. The van der Waals surface area contributed by atoms with Crippen LogP contribution in [0.3, 0.4) is 0 Å². The first kappa shape index (κ1) is 22.4. The fourth-order valence-electron chi connectivity index (χ4n) is 2.62. The van der Waals surface area contributed by atoms with Crippen molar-refractivity contribution in [3.8, 4) is 0 Å². The summed E-state index contributed by atoms with van der Waals surface area (Å²) in [6, 6.07) is 8.56. The normalized spacial score (nSPS) is 12.0. The number of anilines is 1. The van der Waals surface area contributed by atoms with Gasteiger partial charge < -0.3 is 5.32 Å². The van der Waals surface area contributed by atoms with Gasteiger partial charge in [0.05, 0.1) is 17.0 Å². The van der Waals surface area contributed by atoms with Gasteiger partial charge in [0, 0.05) is 31.2 Å². The number of hydrogen-bond acceptors (Lipinski definition) is 5. The fraction of sp³-hybridized carbons (Fsp3) is 0.211. The molecule has 0 radical (unpaired) electrons. The molecule has 0 fully saturated rings. The van der Waals surface area contributed by atoms with E-state index in [9.17, 15) is 26.4 Å². The Morgan fingerprint density at radius 1 is 1.10 bits per heavy atom. The Labute approximate surface area is 176 Å². The van der Waals surface area contributed by atoms with E-state index in [2.05, 4.69) is 15.4 Å². The van der Waals surface area contributed by atoms with Crippen molar-refractivity contribution in [2.45, 2.75) is 24.0 Å². The molecular formula is C19H18F3N5O3S. The van der Waals surface area contributed by atoms with Gasteiger partial charge in [0.1, 0.15) is 0 Å². The zero-order chi connectivity index (χ0) is 22.5. The zero-order valence-corrected chi connectivity index (χ0v) is 16.8. The first-order chi connectivity index (χ1) is 14.6. The highest BCUT2D eigenvalue weighted by molar-refractivity contribution is 7.89. The molecule has 0 aliphatic rings. The average Bonchev–Trinajstić information content (AvgIpc) is 3.18. The molecule has 12 heteroatoms. The summed E-state index contributed by atoms with van der Waals surface area (Å²) in [7, 11) is -4.31. The van der Waals surface area contributed by atoms with Gasteiger partial charge in [-0.1, -0.05) is 6.07 Å². The van der Waals surface area contributed by atoms with E-state index in [0.29, 0.717) is 19.0 Å². The van der Waals surface area contributed by atoms with Gasteiger partial charge >= 0.3 is 6.18 Å². The summed E-state index contributed by atoms with van der Waals surface area (Å²) in [5.41, 5.74) is -0.0304. The largest absolute Gasteiger partial charge is 0.416 e. The van der Waals surface area contributed by atoms with Gasteiger partial charge in [-0.2, -0.15) is 18.3 Å². The van der Waals surface area contributed by atoms with E-state index in [4.69, 9.17) is 0 Å². The number of amides is 1. The van der Waals surface area contributed by atoms with E-state index in [-0.39, 0.29) is 5.82 Å². The predicted molar refractivity (Wildman–Crippen MR) is 105 cm³/mol. The number of aromatic nitrogens is 3. The van der Waals surface area contributed by atoms with Crippen LogP contribution < -0.4 is 10.0 Å². The summed E-state index contributed by atoms with van der Waals surface area (Å²) >= 11 is 0. The number of nitrogens with one attached hydrogen (secondary N) is 2. The first-order valence-electron chi connectivity index (χ1n) is 9.03. The minimum Gasteiger partial charge on any atom is -0.308 e. The number of carbonyl (C=O) groups excluding carboxylic acids is 1. The second-order valence-corrected chi connectivity index (χ2v) is 8.23. The van der Waals surface area contributed by atoms with Crippen molar-refractivity contribution in [3.63, 3.8) is 0 Å². The maximum Gasteiger partial charge on any atom is 0.416 e. The van der Waals surface area contributed by atoms with Crippen molar-refractivity contribution in [1.29, 1.82) is 0 Å². The number of hydrogen-bond donors (Lipinski definition) is 2. The van der Waals surface area contributed by atoms with E-state index in [0.717, 1.165) is 23.8 Å². The quantitative estimate of drug-likeness (QED) is 0.545. The Bertz CT molecular complexity index is 1150. The van der Waals surface area contributed by atoms with Crippen LogP contribution in [-0.4, -0.2) is 35.6 Å². The van der Waals surface area contributed by atoms with Crippen LogP contribution in [0.15, 0.2) is 66.0 Å². The summed E-state index contributed by atoms with van der Waals surface area (Å²) < 4.78 is 66.3. The second-order valence-electron chi connectivity index (χ2n) is 6.47. The molecule has 0 aliphatic carbocycles. The van der Waals surface area contributed by atoms with E-state index < -0.39 is 39.1 Å². The number of rotatable bonds is 8. The minimum absolute atomic E-state index is 0.220. The summed E-state index contributed by atoms with van der Waals surface area (Å²) in [5, 5.41) is 6.61. The van der Waals surface area contributed by atoms with Crippen LogP contribution in [0.25, 0.3) is 0 Å². The van der Waals surface area contributed by atoms with Crippen LogP contribution in [0, 0.1) is 0 Å². The summed E-state index contributed by atoms with van der Waals surface area (Å²) in [5.74, 6) is -0.493. The van der Waals surface area contributed by atoms with Crippen LogP contribution >= 0.6 is 0 Å². The molecule has 8 nitrogen and oxygen atoms in total. The number of carbonyl (C=O) groups is 1. The molecule has 0 spiro atoms. The molecule has 1 aromatic carbocycles. The smallest absolute Gasteiger partial charge is 0.308 e. The van der Waals surface area contributed by atoms with Crippen molar-refractivity contribution in [2.75, 3.05) is 11.9 Å². The molecule has 2 heterocycles. The molecule has 3 rings (SSSR count). The van der Waals surface area contributed by atoms with Crippen molar-refractivity contribution >= 4 is 21.7 Å². The molecule has 0 saturated carbocycles. The number of alkyl halides is 3. The fourth-order valence-corrected chi connectivity index (χ4v) is 3.64. The highest BCUT2D eigenvalue weighted by Crippen LogP contribution is 2.30. The maximum absolute atomic E-state index is 12.8. The maximum atomic E-state index is 12.8. The number of benzene rings is 1. The third-order valence-electron chi connectivity index (χ3n) is 4.18. The molecule has 2 N–H and O–H groups in total. The van der Waals surface area contributed by atoms with Gasteiger partial charge in [0.25, 0.3) is 0 Å². The molecule has 1 amide bonds. The van der Waals surface area contributed by atoms with Gasteiger partial charge in [0.2, 0.25) is 15.9 Å². The third kappa shape index (κ3) is 6.36. The van der Waals surface area contributed by atoms with Crippen LogP contribution in [0.1, 0.15) is 11.1 Å². The lowest BCUT2D eigenvalue weighted by molar-refractivity contribution is -0.137. The van der Waals surface area contributed by atoms with Crippen molar-refractivity contribution < 1.29 is 26.4 Å². The van der Waals surface area contributed by atoms with E-state index >= 15 is 0 Å². The number of halogens is 3. The lowest BCUT2D eigenvalue weighted by Crippen LogP contribution is -2.33. The lowest BCUT2D eigenvalue weighted by Gasteiger charge is -2.10. The van der Waals surface area contributed by atoms with Gasteiger partial charge in [-0.3, -0.25) is 14.5 Å². The lowest BCUT2D eigenvalue weighted by atomic mass is 10.2. The van der Waals surface area contributed by atoms with Gasteiger partial charge in [-0.05, 0) is 42.3 Å². The molecule has 0 unspecified atom stereocenters. The SMILES string of the molecule is O=C(CNS(=O)(=O)c1cccc(C(F)(F)F)c1)Nc1ccn(CCc2ccncc2)n1. The molecule has 0 bridgehead atoms. The highest BCUT2D eigenvalue weighted by Gasteiger charge is 2.31. The summed E-state index contributed by atoms with van der Waals surface area (Å²) in [6.07, 6.45) is 1.05. The molecule has 0 atom stereocenters. The Morgan fingerprint density at radius 2 is 1.84 bits per heavy atom. The highest BCUT2D eigenvalue weighted by atomic mass is 32.2. The van der Waals surface area contributed by atoms with Crippen LogP contribution in [0.4, 0.5) is 19.0 Å². The van der Waals surface area contributed by atoms with Gasteiger partial charge in [-0.15, -0.1) is 0 Å². The van der Waals surface area contributed by atoms with E-state index in [1.165, 1.54) is 0 Å². The summed E-state index contributed by atoms with van der Waals surface area (Å²) in [6.45, 7) is -0.107. The third-order valence-corrected chi connectivity index (χ3v) is 5.58. The Kier molecular flexibility index (Phi) is 6.71. The number of pyridine rings is 1. The molecule has 164 valence electrons. The molecular weight excluding hydrogens is 435 g/mol. The van der Waals surface area contributed by atoms with Crippen LogP contribution in [0.5, 0.6) is 0 Å². The van der Waals surface area contributed by atoms with Crippen molar-refractivity contribution in [2.24, 2.45) is 0 Å². The Morgan fingerprint density at radius 3 is 2.55 bits per heavy atom. The van der Waals surface area contributed by atoms with Crippen molar-refractivity contribution in [3.05, 3.63) is 72.2 Å². The molecule has 31 heavy (non-hydrogen) atoms. The number of nitrogens with zero attached hydrogens (tertiary/aromatic N) is 3. The van der Waals surface area contributed by atoms with Gasteiger partial charge in [-0.25, -0.2) is 13.1 Å². The van der Waals surface area contributed by atoms with E-state index in [1.807, 2.05) is 16.9 Å². The summed E-state index contributed by atoms with van der Waals surface area (Å²) in [4.78, 5) is 15.4. The topological polar surface area (TPSA) is 106 Å². The Hall–Kier alpha value is -3.25. The Balaban J connectivity index is 1.54. The molecule has 2 aromatic heterocycles. The minimum atomic E-state index is -4.68. The van der Waals surface area contributed by atoms with E-state index in [1.54, 1.807) is 29.3 Å². The van der Waals surface area contributed by atoms with Crippen LogP contribution in [0.2, 0.25) is 0 Å². The monoisotopic (exact) mass is 453 g/mol. The van der Waals surface area contributed by atoms with Gasteiger partial charge in [0.15, 0.2) is 5.82 Å². The average molecular weight is 453 g/mol. The van der Waals surface area contributed by atoms with Crippen molar-refractivity contribution in [1.82, 2.24) is 19.5 Å². The standard InChI is InChI=1S/C19H18F3N5O3S/c20-19(21,22)15-2-1-3-16(12-15)31(29,30)24-13-18(28)25-17-7-11-27(26-17)10-6-14-4-8-23-9-5-14/h1-5,7-9,11-12,24H,6,10,13H2,(H,25,26,28). The molecule has 0 saturated heterocycles. The molecule has 0 aliphatic heterocycles. The first-order valence-corrected chi connectivity index (χ1v) is 10.5. The zero-order valence-electron chi connectivity index (χ0n) is 16.0. The second kappa shape index (κ2) is 9.27. The van der Waals surface area contributed by atoms with Crippen LogP contribution in [-0.2, 0) is 34.0 Å². The molecule has 3 aromatic rings. The number of sulfonamides is 1.